The van der Waals surface area contributed by atoms with Crippen LogP contribution in [0.5, 0.6) is 0 Å². The Labute approximate surface area is 145 Å². The fourth-order valence-corrected chi connectivity index (χ4v) is 3.68. The Morgan fingerprint density at radius 1 is 1.12 bits per heavy atom. The van der Waals surface area contributed by atoms with Crippen molar-refractivity contribution >= 4 is 15.9 Å². The highest BCUT2D eigenvalue weighted by atomic mass is 32.2. The number of fused-ring (bicyclic) bond motifs is 1. The van der Waals surface area contributed by atoms with Crippen LogP contribution in [0.1, 0.15) is 17.5 Å². The highest BCUT2D eigenvalue weighted by Gasteiger charge is 2.23. The van der Waals surface area contributed by atoms with Crippen molar-refractivity contribution in [2.24, 2.45) is 0 Å². The summed E-state index contributed by atoms with van der Waals surface area (Å²) in [4.78, 5) is 16.2. The number of nitrogens with zero attached hydrogens (tertiary/aromatic N) is 3. The van der Waals surface area contributed by atoms with E-state index in [0.717, 1.165) is 6.42 Å². The van der Waals surface area contributed by atoms with Gasteiger partial charge in [-0.3, -0.25) is 4.79 Å². The lowest BCUT2D eigenvalue weighted by Gasteiger charge is -2.30. The quantitative estimate of drug-likeness (QED) is 0.727. The van der Waals surface area contributed by atoms with Gasteiger partial charge in [-0.25, -0.2) is 12.7 Å². The predicted octanol–water partition coefficient (Wildman–Crippen LogP) is 0.785. The monoisotopic (exact) mass is 353 g/mol. The van der Waals surface area contributed by atoms with Gasteiger partial charge in [0.05, 0.1) is 6.26 Å². The smallest absolute Gasteiger partial charge is 0.224 e. The van der Waals surface area contributed by atoms with E-state index in [-0.39, 0.29) is 18.9 Å². The number of carbonyl (C=O) groups excluding carboxylic acids is 1. The van der Waals surface area contributed by atoms with Crippen LogP contribution in [0, 0.1) is 0 Å². The van der Waals surface area contributed by atoms with Gasteiger partial charge in [0.1, 0.15) is 0 Å². The molecule has 134 valence electrons. The predicted molar refractivity (Wildman–Crippen MR) is 95.2 cm³/mol. The molecule has 0 fully saturated rings. The Morgan fingerprint density at radius 2 is 1.79 bits per heavy atom. The van der Waals surface area contributed by atoms with Gasteiger partial charge in [-0.05, 0) is 31.6 Å². The van der Waals surface area contributed by atoms with Crippen LogP contribution < -0.4 is 0 Å². The van der Waals surface area contributed by atoms with Gasteiger partial charge in [0.15, 0.2) is 0 Å². The molecular weight excluding hydrogens is 326 g/mol. The van der Waals surface area contributed by atoms with Crippen molar-refractivity contribution in [2.75, 3.05) is 46.5 Å². The molecule has 6 nitrogen and oxygen atoms in total. The van der Waals surface area contributed by atoms with E-state index in [0.29, 0.717) is 26.2 Å². The summed E-state index contributed by atoms with van der Waals surface area (Å²) in [5, 5.41) is 0. The second kappa shape index (κ2) is 8.09. The molecule has 0 atom stereocenters. The number of amides is 1. The molecule has 0 aromatic heterocycles. The van der Waals surface area contributed by atoms with Crippen LogP contribution in [0.2, 0.25) is 0 Å². The molecule has 0 aliphatic carbocycles. The van der Waals surface area contributed by atoms with Gasteiger partial charge in [0.2, 0.25) is 15.9 Å². The summed E-state index contributed by atoms with van der Waals surface area (Å²) >= 11 is 0. The lowest BCUT2D eigenvalue weighted by atomic mass is 10.00. The normalized spacial score (nSPS) is 15.0. The molecule has 0 saturated carbocycles. The number of benzene rings is 1. The first-order valence-electron chi connectivity index (χ1n) is 8.22. The van der Waals surface area contributed by atoms with E-state index in [1.54, 1.807) is 0 Å². The van der Waals surface area contributed by atoms with Gasteiger partial charge >= 0.3 is 0 Å². The van der Waals surface area contributed by atoms with E-state index in [1.807, 2.05) is 36.0 Å². The number of carbonyl (C=O) groups is 1. The highest BCUT2D eigenvalue weighted by molar-refractivity contribution is 7.88. The van der Waals surface area contributed by atoms with Gasteiger partial charge in [0.25, 0.3) is 0 Å². The van der Waals surface area contributed by atoms with Crippen LogP contribution in [0.3, 0.4) is 0 Å². The van der Waals surface area contributed by atoms with Gasteiger partial charge in [-0.2, -0.15) is 0 Å². The van der Waals surface area contributed by atoms with Gasteiger partial charge in [-0.15, -0.1) is 0 Å². The lowest BCUT2D eigenvalue weighted by Crippen LogP contribution is -2.41. The van der Waals surface area contributed by atoms with Crippen molar-refractivity contribution < 1.29 is 13.2 Å². The maximum atomic E-state index is 12.5. The molecule has 0 bridgehead atoms. The van der Waals surface area contributed by atoms with Gasteiger partial charge in [-0.1, -0.05) is 24.3 Å². The molecule has 0 N–H and O–H groups in total. The van der Waals surface area contributed by atoms with Crippen molar-refractivity contribution in [1.29, 1.82) is 0 Å². The average Bonchev–Trinajstić information content (AvgIpc) is 2.52. The number of hydrogen-bond donors (Lipinski definition) is 0. The molecule has 1 heterocycles. The molecule has 0 unspecified atom stereocenters. The Bertz CT molecular complexity index is 673. The Hall–Kier alpha value is -1.44. The summed E-state index contributed by atoms with van der Waals surface area (Å²) in [6, 6.07) is 8.16. The van der Waals surface area contributed by atoms with Crippen molar-refractivity contribution in [1.82, 2.24) is 14.1 Å². The zero-order valence-electron chi connectivity index (χ0n) is 14.7. The zero-order chi connectivity index (χ0) is 17.7. The maximum Gasteiger partial charge on any atom is 0.224 e. The van der Waals surface area contributed by atoms with Crippen molar-refractivity contribution in [3.8, 4) is 0 Å². The largest absolute Gasteiger partial charge is 0.338 e. The Morgan fingerprint density at radius 3 is 2.42 bits per heavy atom. The van der Waals surface area contributed by atoms with Crippen molar-refractivity contribution in [3.63, 3.8) is 0 Å². The molecule has 7 heteroatoms. The fourth-order valence-electron chi connectivity index (χ4n) is 2.84. The van der Waals surface area contributed by atoms with E-state index in [9.17, 15) is 13.2 Å². The van der Waals surface area contributed by atoms with Gasteiger partial charge in [0, 0.05) is 39.1 Å². The molecule has 1 aromatic rings. The molecular formula is C17H27N3O3S. The van der Waals surface area contributed by atoms with Crippen LogP contribution in [0.4, 0.5) is 0 Å². The van der Waals surface area contributed by atoms with E-state index in [1.165, 1.54) is 21.7 Å². The summed E-state index contributed by atoms with van der Waals surface area (Å²) in [7, 11) is 0.499. The number of rotatable bonds is 7. The summed E-state index contributed by atoms with van der Waals surface area (Å²) < 4.78 is 25.1. The maximum absolute atomic E-state index is 12.5. The number of likely N-dealkylation sites (N-methyl/N-ethyl adjacent to an activating group) is 1. The molecule has 24 heavy (non-hydrogen) atoms. The number of sulfonamides is 1. The number of hydrogen-bond acceptors (Lipinski definition) is 4. The molecule has 0 radical (unpaired) electrons. The minimum atomic E-state index is -3.30. The van der Waals surface area contributed by atoms with E-state index < -0.39 is 10.0 Å². The second-order valence-corrected chi connectivity index (χ2v) is 8.53. The topological polar surface area (TPSA) is 60.9 Å². The van der Waals surface area contributed by atoms with Crippen molar-refractivity contribution in [2.45, 2.75) is 19.4 Å². The minimum Gasteiger partial charge on any atom is -0.338 e. The third-order valence-corrected chi connectivity index (χ3v) is 5.63. The highest BCUT2D eigenvalue weighted by Crippen LogP contribution is 2.19. The van der Waals surface area contributed by atoms with Crippen LogP contribution in [0.15, 0.2) is 24.3 Å². The van der Waals surface area contributed by atoms with E-state index in [2.05, 4.69) is 12.1 Å². The van der Waals surface area contributed by atoms with Gasteiger partial charge < -0.3 is 9.80 Å². The second-order valence-electron chi connectivity index (χ2n) is 6.55. The summed E-state index contributed by atoms with van der Waals surface area (Å²) in [6.07, 6.45) is 2.28. The zero-order valence-corrected chi connectivity index (χ0v) is 15.6. The van der Waals surface area contributed by atoms with Crippen LogP contribution in [-0.4, -0.2) is 75.0 Å². The molecule has 1 aliphatic heterocycles. The average molecular weight is 353 g/mol. The standard InChI is InChI=1S/C17H27N3O3S/c1-18(2)12-13-20(24(3,22)23)11-9-17(21)19-10-8-15-6-4-5-7-16(15)14-19/h4-7H,8-14H2,1-3H3. The molecule has 1 aliphatic rings. The summed E-state index contributed by atoms with van der Waals surface area (Å²) in [6.45, 7) is 2.60. The Kier molecular flexibility index (Phi) is 6.37. The van der Waals surface area contributed by atoms with Crippen LogP contribution in [-0.2, 0) is 27.8 Å². The molecule has 0 saturated heterocycles. The first-order valence-corrected chi connectivity index (χ1v) is 10.1. The lowest BCUT2D eigenvalue weighted by molar-refractivity contribution is -0.132. The SMILES string of the molecule is CN(C)CCN(CCC(=O)N1CCc2ccccc2C1)S(C)(=O)=O. The summed E-state index contributed by atoms with van der Waals surface area (Å²) in [5.41, 5.74) is 2.48. The molecule has 1 aromatic carbocycles. The fraction of sp³-hybridized carbons (Fsp3) is 0.588. The Balaban J connectivity index is 1.92. The molecule has 2 rings (SSSR count). The minimum absolute atomic E-state index is 0.0167. The summed E-state index contributed by atoms with van der Waals surface area (Å²) in [5.74, 6) is 0.0167. The third-order valence-electron chi connectivity index (χ3n) is 4.32. The molecule has 0 spiro atoms. The van der Waals surface area contributed by atoms with Crippen molar-refractivity contribution in [3.05, 3.63) is 35.4 Å². The first kappa shape index (κ1) is 18.9. The van der Waals surface area contributed by atoms with E-state index >= 15 is 0 Å². The van der Waals surface area contributed by atoms with Crippen LogP contribution in [0.25, 0.3) is 0 Å². The van der Waals surface area contributed by atoms with E-state index in [4.69, 9.17) is 0 Å². The first-order chi connectivity index (χ1) is 11.3. The van der Waals surface area contributed by atoms with Crippen LogP contribution >= 0.6 is 0 Å². The molecule has 1 amide bonds. The third kappa shape index (κ3) is 5.29.